The lowest BCUT2D eigenvalue weighted by Gasteiger charge is -2.21. The Bertz CT molecular complexity index is 338. The van der Waals surface area contributed by atoms with Gasteiger partial charge in [0.1, 0.15) is 0 Å². The molecular weight excluding hydrogens is 214 g/mol. The van der Waals surface area contributed by atoms with Gasteiger partial charge in [0.15, 0.2) is 5.96 Å². The standard InChI is InChI=1S/C13H21N3O/c1-3-16(10-11-17-4-2)13(14)15-12-8-6-5-7-9-12/h5-9H,3-4,10-11H2,1-2H3,(H2,14,15). The highest BCUT2D eigenvalue weighted by Crippen LogP contribution is 2.09. The lowest BCUT2D eigenvalue weighted by atomic mass is 10.3. The van der Waals surface area contributed by atoms with Crippen molar-refractivity contribution in [3.05, 3.63) is 30.3 Å². The largest absolute Gasteiger partial charge is 0.380 e. The quantitative estimate of drug-likeness (QED) is 0.466. The first kappa shape index (κ1) is 13.5. The molecule has 0 heterocycles. The molecular formula is C13H21N3O. The second-order valence-electron chi connectivity index (χ2n) is 3.58. The van der Waals surface area contributed by atoms with Crippen molar-refractivity contribution in [2.75, 3.05) is 26.3 Å². The van der Waals surface area contributed by atoms with E-state index >= 15 is 0 Å². The first-order valence-corrected chi connectivity index (χ1v) is 5.99. The third-order valence-corrected chi connectivity index (χ3v) is 2.42. The van der Waals surface area contributed by atoms with Crippen LogP contribution in [0.25, 0.3) is 0 Å². The molecule has 0 aliphatic carbocycles. The predicted octanol–water partition coefficient (Wildman–Crippen LogP) is 1.99. The van der Waals surface area contributed by atoms with E-state index in [0.717, 1.165) is 25.4 Å². The fourth-order valence-electron chi connectivity index (χ4n) is 1.46. The number of ether oxygens (including phenoxy) is 1. The Labute approximate surface area is 103 Å². The summed E-state index contributed by atoms with van der Waals surface area (Å²) in [6, 6.07) is 9.72. The van der Waals surface area contributed by atoms with E-state index in [2.05, 4.69) is 11.9 Å². The van der Waals surface area contributed by atoms with Gasteiger partial charge in [-0.15, -0.1) is 0 Å². The van der Waals surface area contributed by atoms with Crippen molar-refractivity contribution in [3.63, 3.8) is 0 Å². The van der Waals surface area contributed by atoms with Crippen LogP contribution in [0.15, 0.2) is 35.3 Å². The molecule has 0 radical (unpaired) electrons. The van der Waals surface area contributed by atoms with Crippen molar-refractivity contribution in [3.8, 4) is 0 Å². The normalized spacial score (nSPS) is 11.5. The van der Waals surface area contributed by atoms with Crippen molar-refractivity contribution < 1.29 is 4.74 Å². The smallest absolute Gasteiger partial charge is 0.196 e. The van der Waals surface area contributed by atoms with Gasteiger partial charge in [0.25, 0.3) is 0 Å². The number of benzene rings is 1. The molecule has 0 spiro atoms. The van der Waals surface area contributed by atoms with Crippen LogP contribution >= 0.6 is 0 Å². The molecule has 17 heavy (non-hydrogen) atoms. The van der Waals surface area contributed by atoms with E-state index in [4.69, 9.17) is 10.5 Å². The van der Waals surface area contributed by atoms with Gasteiger partial charge in [-0.05, 0) is 26.0 Å². The highest BCUT2D eigenvalue weighted by Gasteiger charge is 2.04. The third kappa shape index (κ3) is 4.87. The highest BCUT2D eigenvalue weighted by molar-refractivity contribution is 5.81. The molecule has 0 bridgehead atoms. The maximum atomic E-state index is 5.96. The van der Waals surface area contributed by atoms with Crippen LogP contribution in [0.1, 0.15) is 13.8 Å². The van der Waals surface area contributed by atoms with Crippen LogP contribution in [0.2, 0.25) is 0 Å². The minimum Gasteiger partial charge on any atom is -0.380 e. The number of hydrogen-bond acceptors (Lipinski definition) is 2. The molecule has 0 aliphatic rings. The summed E-state index contributed by atoms with van der Waals surface area (Å²) in [5.74, 6) is 0.540. The Morgan fingerprint density at radius 1 is 1.29 bits per heavy atom. The van der Waals surface area contributed by atoms with Crippen molar-refractivity contribution in [2.24, 2.45) is 10.7 Å². The first-order chi connectivity index (χ1) is 8.27. The third-order valence-electron chi connectivity index (χ3n) is 2.42. The molecule has 0 saturated heterocycles. The second-order valence-corrected chi connectivity index (χ2v) is 3.58. The van der Waals surface area contributed by atoms with Crippen molar-refractivity contribution in [1.29, 1.82) is 0 Å². The molecule has 0 aromatic heterocycles. The number of nitrogens with zero attached hydrogens (tertiary/aromatic N) is 2. The number of likely N-dealkylation sites (N-methyl/N-ethyl adjacent to an activating group) is 1. The Hall–Kier alpha value is -1.55. The number of aliphatic imine (C=N–C) groups is 1. The predicted molar refractivity (Wildman–Crippen MR) is 71.5 cm³/mol. The van der Waals surface area contributed by atoms with Crippen LogP contribution in [-0.4, -0.2) is 37.2 Å². The fraction of sp³-hybridized carbons (Fsp3) is 0.462. The average molecular weight is 235 g/mol. The number of nitrogens with two attached hydrogens (primary N) is 1. The molecule has 0 amide bonds. The monoisotopic (exact) mass is 235 g/mol. The van der Waals surface area contributed by atoms with Gasteiger partial charge in [-0.2, -0.15) is 0 Å². The van der Waals surface area contributed by atoms with E-state index < -0.39 is 0 Å². The van der Waals surface area contributed by atoms with E-state index in [1.807, 2.05) is 42.2 Å². The molecule has 0 aliphatic heterocycles. The summed E-state index contributed by atoms with van der Waals surface area (Å²) in [5, 5.41) is 0. The summed E-state index contributed by atoms with van der Waals surface area (Å²) in [6.45, 7) is 7.04. The molecule has 4 heteroatoms. The lowest BCUT2D eigenvalue weighted by Crippen LogP contribution is -2.39. The van der Waals surface area contributed by atoms with Crippen molar-refractivity contribution in [2.45, 2.75) is 13.8 Å². The molecule has 1 aromatic carbocycles. The Kier molecular flexibility index (Phi) is 6.10. The summed E-state index contributed by atoms with van der Waals surface area (Å²) in [6.07, 6.45) is 0. The summed E-state index contributed by atoms with van der Waals surface area (Å²) in [4.78, 5) is 6.38. The summed E-state index contributed by atoms with van der Waals surface area (Å²) < 4.78 is 5.31. The minimum atomic E-state index is 0.540. The molecule has 1 rings (SSSR count). The maximum absolute atomic E-state index is 5.96. The SMILES string of the molecule is CCOCCN(CC)C(N)=Nc1ccccc1. The highest BCUT2D eigenvalue weighted by atomic mass is 16.5. The van der Waals surface area contributed by atoms with Crippen molar-refractivity contribution in [1.82, 2.24) is 4.90 Å². The van der Waals surface area contributed by atoms with E-state index in [0.29, 0.717) is 12.6 Å². The zero-order valence-electron chi connectivity index (χ0n) is 10.6. The average Bonchev–Trinajstić information content (AvgIpc) is 2.36. The number of guanidine groups is 1. The van der Waals surface area contributed by atoms with Gasteiger partial charge in [-0.25, -0.2) is 4.99 Å². The van der Waals surface area contributed by atoms with Crippen LogP contribution in [0.4, 0.5) is 5.69 Å². The van der Waals surface area contributed by atoms with Crippen LogP contribution in [0.3, 0.4) is 0 Å². The van der Waals surface area contributed by atoms with Crippen LogP contribution < -0.4 is 5.73 Å². The molecule has 0 unspecified atom stereocenters. The summed E-state index contributed by atoms with van der Waals surface area (Å²) in [7, 11) is 0. The van der Waals surface area contributed by atoms with Gasteiger partial charge in [-0.3, -0.25) is 0 Å². The van der Waals surface area contributed by atoms with E-state index in [9.17, 15) is 0 Å². The molecule has 0 atom stereocenters. The molecule has 2 N–H and O–H groups in total. The second kappa shape index (κ2) is 7.68. The number of hydrogen-bond donors (Lipinski definition) is 1. The van der Waals surface area contributed by atoms with Crippen LogP contribution in [0, 0.1) is 0 Å². The summed E-state index contributed by atoms with van der Waals surface area (Å²) in [5.41, 5.74) is 6.84. The molecule has 0 fully saturated rings. The van der Waals surface area contributed by atoms with Crippen molar-refractivity contribution >= 4 is 11.6 Å². The number of para-hydroxylation sites is 1. The van der Waals surface area contributed by atoms with E-state index in [1.54, 1.807) is 0 Å². The van der Waals surface area contributed by atoms with Gasteiger partial charge in [0.2, 0.25) is 0 Å². The fourth-order valence-corrected chi connectivity index (χ4v) is 1.46. The summed E-state index contributed by atoms with van der Waals surface area (Å²) >= 11 is 0. The molecule has 94 valence electrons. The Balaban J connectivity index is 2.59. The van der Waals surface area contributed by atoms with E-state index in [1.165, 1.54) is 0 Å². The molecule has 0 saturated carbocycles. The van der Waals surface area contributed by atoms with Crippen LogP contribution in [0.5, 0.6) is 0 Å². The number of rotatable bonds is 6. The van der Waals surface area contributed by atoms with Crippen LogP contribution in [-0.2, 0) is 4.74 Å². The Morgan fingerprint density at radius 2 is 2.00 bits per heavy atom. The van der Waals surface area contributed by atoms with Gasteiger partial charge >= 0.3 is 0 Å². The molecule has 4 nitrogen and oxygen atoms in total. The Morgan fingerprint density at radius 3 is 2.59 bits per heavy atom. The van der Waals surface area contributed by atoms with Gasteiger partial charge in [0.05, 0.1) is 12.3 Å². The lowest BCUT2D eigenvalue weighted by molar-refractivity contribution is 0.133. The van der Waals surface area contributed by atoms with E-state index in [-0.39, 0.29) is 0 Å². The van der Waals surface area contributed by atoms with Gasteiger partial charge < -0.3 is 15.4 Å². The maximum Gasteiger partial charge on any atom is 0.196 e. The first-order valence-electron chi connectivity index (χ1n) is 5.99. The molecule has 1 aromatic rings. The zero-order valence-corrected chi connectivity index (χ0v) is 10.6. The van der Waals surface area contributed by atoms with Gasteiger partial charge in [-0.1, -0.05) is 18.2 Å². The van der Waals surface area contributed by atoms with Gasteiger partial charge in [0, 0.05) is 19.7 Å². The topological polar surface area (TPSA) is 50.9 Å². The minimum absolute atomic E-state index is 0.540. The zero-order chi connectivity index (χ0) is 12.5.